The summed E-state index contributed by atoms with van der Waals surface area (Å²) in [6, 6.07) is 11.4. The van der Waals surface area contributed by atoms with E-state index in [1.807, 2.05) is 45.0 Å². The molecule has 1 aromatic carbocycles. The van der Waals surface area contributed by atoms with Crippen molar-refractivity contribution in [3.05, 3.63) is 47.7 Å². The molecule has 0 aliphatic heterocycles. The zero-order valence-electron chi connectivity index (χ0n) is 14.7. The minimum atomic E-state index is -0.256. The SMILES string of the molecule is Cc1cc(NC(=O)/C=C\c2cccc(OC(C)C)c2)n(CCC#N)n1. The van der Waals surface area contributed by atoms with E-state index in [4.69, 9.17) is 10.00 Å². The van der Waals surface area contributed by atoms with Crippen LogP contribution in [0.2, 0.25) is 0 Å². The van der Waals surface area contributed by atoms with E-state index >= 15 is 0 Å². The Bertz CT molecular complexity index is 800. The van der Waals surface area contributed by atoms with Gasteiger partial charge in [0.2, 0.25) is 5.91 Å². The molecule has 0 unspecified atom stereocenters. The smallest absolute Gasteiger partial charge is 0.249 e. The van der Waals surface area contributed by atoms with Gasteiger partial charge in [0.25, 0.3) is 0 Å². The molecule has 0 aliphatic rings. The van der Waals surface area contributed by atoms with E-state index in [2.05, 4.69) is 16.5 Å². The zero-order chi connectivity index (χ0) is 18.2. The molecule has 0 bridgehead atoms. The highest BCUT2D eigenvalue weighted by Crippen LogP contribution is 2.16. The predicted molar refractivity (Wildman–Crippen MR) is 97.1 cm³/mol. The molecule has 2 aromatic rings. The largest absolute Gasteiger partial charge is 0.491 e. The molecule has 0 saturated carbocycles. The maximum absolute atomic E-state index is 12.1. The van der Waals surface area contributed by atoms with Crippen LogP contribution in [0, 0.1) is 18.3 Å². The Morgan fingerprint density at radius 3 is 2.96 bits per heavy atom. The second-order valence-electron chi connectivity index (χ2n) is 5.86. The number of ether oxygens (including phenoxy) is 1. The van der Waals surface area contributed by atoms with Gasteiger partial charge in [0.15, 0.2) is 0 Å². The van der Waals surface area contributed by atoms with Crippen LogP contribution in [0.15, 0.2) is 36.4 Å². The third-order valence-corrected chi connectivity index (χ3v) is 3.25. The number of aromatic nitrogens is 2. The fourth-order valence-electron chi connectivity index (χ4n) is 2.28. The number of rotatable bonds is 7. The van der Waals surface area contributed by atoms with Gasteiger partial charge in [-0.05, 0) is 44.5 Å². The van der Waals surface area contributed by atoms with Crippen LogP contribution < -0.4 is 10.1 Å². The lowest BCUT2D eigenvalue weighted by molar-refractivity contribution is -0.111. The molecule has 1 amide bonds. The molecule has 1 aromatic heterocycles. The van der Waals surface area contributed by atoms with E-state index in [1.165, 1.54) is 6.08 Å². The molecule has 1 heterocycles. The fraction of sp³-hybridized carbons (Fsp3) is 0.316. The molecule has 130 valence electrons. The van der Waals surface area contributed by atoms with Crippen molar-refractivity contribution < 1.29 is 9.53 Å². The number of anilines is 1. The first kappa shape index (κ1) is 18.3. The van der Waals surface area contributed by atoms with E-state index < -0.39 is 0 Å². The molecule has 0 radical (unpaired) electrons. The number of aryl methyl sites for hydroxylation is 2. The normalized spacial score (nSPS) is 10.8. The Morgan fingerprint density at radius 2 is 2.24 bits per heavy atom. The van der Waals surface area contributed by atoms with Crippen LogP contribution in [0.5, 0.6) is 5.75 Å². The van der Waals surface area contributed by atoms with E-state index in [9.17, 15) is 4.79 Å². The van der Waals surface area contributed by atoms with Gasteiger partial charge >= 0.3 is 0 Å². The lowest BCUT2D eigenvalue weighted by Crippen LogP contribution is -2.13. The number of carbonyl (C=O) groups is 1. The van der Waals surface area contributed by atoms with Crippen molar-refractivity contribution in [1.29, 1.82) is 5.26 Å². The lowest BCUT2D eigenvalue weighted by Gasteiger charge is -2.09. The van der Waals surface area contributed by atoms with Crippen LogP contribution in [-0.4, -0.2) is 21.8 Å². The average molecular weight is 338 g/mol. The van der Waals surface area contributed by atoms with Gasteiger partial charge in [-0.3, -0.25) is 4.79 Å². The summed E-state index contributed by atoms with van der Waals surface area (Å²) in [7, 11) is 0. The highest BCUT2D eigenvalue weighted by molar-refractivity contribution is 6.01. The minimum Gasteiger partial charge on any atom is -0.491 e. The molecule has 0 fully saturated rings. The number of hydrogen-bond acceptors (Lipinski definition) is 4. The zero-order valence-corrected chi connectivity index (χ0v) is 14.7. The van der Waals surface area contributed by atoms with E-state index in [-0.39, 0.29) is 12.0 Å². The first-order valence-electron chi connectivity index (χ1n) is 8.15. The van der Waals surface area contributed by atoms with Gasteiger partial charge in [0, 0.05) is 12.1 Å². The molecule has 1 N–H and O–H groups in total. The van der Waals surface area contributed by atoms with Crippen LogP contribution in [0.1, 0.15) is 31.5 Å². The molecule has 0 aliphatic carbocycles. The van der Waals surface area contributed by atoms with Crippen molar-refractivity contribution >= 4 is 17.8 Å². The standard InChI is InChI=1S/C19H22N4O2/c1-14(2)25-17-7-4-6-16(13-17)8-9-19(24)21-18-12-15(3)22-23(18)11-5-10-20/h4,6-9,12-14H,5,11H2,1-3H3,(H,21,24)/b9-8-. The Balaban J connectivity index is 2.03. The molecular weight excluding hydrogens is 316 g/mol. The van der Waals surface area contributed by atoms with Crippen LogP contribution >= 0.6 is 0 Å². The van der Waals surface area contributed by atoms with Crippen molar-refractivity contribution in [2.24, 2.45) is 0 Å². The fourth-order valence-corrected chi connectivity index (χ4v) is 2.28. The van der Waals surface area contributed by atoms with Crippen molar-refractivity contribution in [3.63, 3.8) is 0 Å². The van der Waals surface area contributed by atoms with Crippen molar-refractivity contribution in [2.45, 2.75) is 39.8 Å². The Kier molecular flexibility index (Phi) is 6.35. The average Bonchev–Trinajstić information content (AvgIpc) is 2.90. The van der Waals surface area contributed by atoms with E-state index in [0.717, 1.165) is 17.0 Å². The summed E-state index contributed by atoms with van der Waals surface area (Å²) >= 11 is 0. The summed E-state index contributed by atoms with van der Waals surface area (Å²) in [6.07, 6.45) is 3.62. The summed E-state index contributed by atoms with van der Waals surface area (Å²) in [4.78, 5) is 12.1. The number of nitriles is 1. The van der Waals surface area contributed by atoms with Crippen molar-refractivity contribution in [1.82, 2.24) is 9.78 Å². The monoisotopic (exact) mass is 338 g/mol. The molecule has 6 heteroatoms. The highest BCUT2D eigenvalue weighted by atomic mass is 16.5. The Morgan fingerprint density at radius 1 is 1.44 bits per heavy atom. The summed E-state index contributed by atoms with van der Waals surface area (Å²) < 4.78 is 7.27. The number of amides is 1. The Labute approximate surface area is 147 Å². The van der Waals surface area contributed by atoms with E-state index in [1.54, 1.807) is 16.8 Å². The molecule has 6 nitrogen and oxygen atoms in total. The second-order valence-corrected chi connectivity index (χ2v) is 5.86. The highest BCUT2D eigenvalue weighted by Gasteiger charge is 2.07. The first-order valence-corrected chi connectivity index (χ1v) is 8.15. The van der Waals surface area contributed by atoms with Gasteiger partial charge in [-0.15, -0.1) is 0 Å². The van der Waals surface area contributed by atoms with Gasteiger partial charge in [0.1, 0.15) is 11.6 Å². The maximum Gasteiger partial charge on any atom is 0.249 e. The Hall–Kier alpha value is -3.07. The number of carbonyl (C=O) groups excluding carboxylic acids is 1. The van der Waals surface area contributed by atoms with Crippen molar-refractivity contribution in [3.8, 4) is 11.8 Å². The van der Waals surface area contributed by atoms with Gasteiger partial charge < -0.3 is 10.1 Å². The van der Waals surface area contributed by atoms with Crippen LogP contribution in [-0.2, 0) is 11.3 Å². The molecule has 0 spiro atoms. The maximum atomic E-state index is 12.1. The summed E-state index contributed by atoms with van der Waals surface area (Å²) in [5, 5.41) is 15.8. The first-order chi connectivity index (χ1) is 12.0. The molecule has 0 saturated heterocycles. The summed E-state index contributed by atoms with van der Waals surface area (Å²) in [6.45, 7) is 6.22. The van der Waals surface area contributed by atoms with Crippen LogP contribution in [0.25, 0.3) is 6.08 Å². The molecule has 25 heavy (non-hydrogen) atoms. The van der Waals surface area contributed by atoms with Gasteiger partial charge in [0.05, 0.1) is 30.8 Å². The van der Waals surface area contributed by atoms with Gasteiger partial charge in [-0.2, -0.15) is 10.4 Å². The predicted octanol–water partition coefficient (Wildman–Crippen LogP) is 3.54. The topological polar surface area (TPSA) is 79.9 Å². The summed E-state index contributed by atoms with van der Waals surface area (Å²) in [5.74, 6) is 1.09. The third-order valence-electron chi connectivity index (χ3n) is 3.25. The molecule has 2 rings (SSSR count). The third kappa shape index (κ3) is 5.81. The number of benzene rings is 1. The van der Waals surface area contributed by atoms with Gasteiger partial charge in [-0.1, -0.05) is 12.1 Å². The minimum absolute atomic E-state index is 0.0967. The number of nitrogens with zero attached hydrogens (tertiary/aromatic N) is 3. The lowest BCUT2D eigenvalue weighted by atomic mass is 10.2. The van der Waals surface area contributed by atoms with Crippen molar-refractivity contribution in [2.75, 3.05) is 5.32 Å². The van der Waals surface area contributed by atoms with E-state index in [0.29, 0.717) is 18.8 Å². The molecule has 0 atom stereocenters. The van der Waals surface area contributed by atoms with Crippen LogP contribution in [0.4, 0.5) is 5.82 Å². The number of hydrogen-bond donors (Lipinski definition) is 1. The van der Waals surface area contributed by atoms with Gasteiger partial charge in [-0.25, -0.2) is 4.68 Å². The number of nitrogens with one attached hydrogen (secondary N) is 1. The van der Waals surface area contributed by atoms with Crippen LogP contribution in [0.3, 0.4) is 0 Å². The summed E-state index contributed by atoms with van der Waals surface area (Å²) in [5.41, 5.74) is 1.67. The molecular formula is C19H22N4O2. The quantitative estimate of drug-likeness (QED) is 0.783. The second kappa shape index (κ2) is 8.69.